The van der Waals surface area contributed by atoms with E-state index in [0.717, 1.165) is 0 Å². The predicted octanol–water partition coefficient (Wildman–Crippen LogP) is 0.430. The molecule has 0 bridgehead atoms. The summed E-state index contributed by atoms with van der Waals surface area (Å²) < 4.78 is 25.7. The van der Waals surface area contributed by atoms with Gasteiger partial charge in [0.2, 0.25) is 10.0 Å². The second-order valence-corrected chi connectivity index (χ2v) is 6.38. The fraction of sp³-hybridized carbons (Fsp3) is 0.900. The molecule has 1 aliphatic rings. The van der Waals surface area contributed by atoms with Crippen LogP contribution in [0.1, 0.15) is 33.1 Å². The Hall–Kier alpha value is -0.640. The van der Waals surface area contributed by atoms with Gasteiger partial charge in [-0.25, -0.2) is 8.42 Å². The molecule has 3 unspecified atom stereocenters. The lowest BCUT2D eigenvalue weighted by molar-refractivity contribution is 0.246. The van der Waals surface area contributed by atoms with Gasteiger partial charge in [0.1, 0.15) is 0 Å². The summed E-state index contributed by atoms with van der Waals surface area (Å²) in [6.45, 7) is 4.00. The molecule has 16 heavy (non-hydrogen) atoms. The Morgan fingerprint density at radius 2 is 2.25 bits per heavy atom. The molecule has 0 aromatic heterocycles. The smallest absolute Gasteiger partial charge is 0.230 e. The van der Waals surface area contributed by atoms with Crippen molar-refractivity contribution in [2.75, 3.05) is 6.54 Å². The molecule has 1 fully saturated rings. The van der Waals surface area contributed by atoms with Crippen LogP contribution in [0.15, 0.2) is 0 Å². The van der Waals surface area contributed by atoms with Gasteiger partial charge < -0.3 is 5.73 Å². The summed E-state index contributed by atoms with van der Waals surface area (Å²) in [6.07, 6.45) is 1.67. The molecule has 92 valence electrons. The maximum Gasteiger partial charge on any atom is 0.230 e. The lowest BCUT2D eigenvalue weighted by Crippen LogP contribution is -2.50. The topological polar surface area (TPSA) is 87.2 Å². The number of nitriles is 1. The number of rotatable bonds is 3. The van der Waals surface area contributed by atoms with Crippen LogP contribution in [0.2, 0.25) is 0 Å². The highest BCUT2D eigenvalue weighted by Crippen LogP contribution is 2.23. The third-order valence-electron chi connectivity index (χ3n) is 3.06. The summed E-state index contributed by atoms with van der Waals surface area (Å²) >= 11 is 0. The third-order valence-corrected chi connectivity index (χ3v) is 5.41. The first-order chi connectivity index (χ1) is 7.43. The highest BCUT2D eigenvalue weighted by Gasteiger charge is 2.36. The van der Waals surface area contributed by atoms with Gasteiger partial charge >= 0.3 is 0 Å². The molecule has 0 aromatic rings. The molecule has 0 aliphatic carbocycles. The molecule has 0 aromatic carbocycles. The van der Waals surface area contributed by atoms with E-state index in [1.165, 1.54) is 4.31 Å². The van der Waals surface area contributed by atoms with Crippen molar-refractivity contribution in [1.82, 2.24) is 4.31 Å². The molecule has 0 radical (unpaired) electrons. The largest absolute Gasteiger partial charge is 0.328 e. The fourth-order valence-corrected chi connectivity index (χ4v) is 3.93. The van der Waals surface area contributed by atoms with Crippen LogP contribution in [0.3, 0.4) is 0 Å². The van der Waals surface area contributed by atoms with Crippen LogP contribution in [0.25, 0.3) is 0 Å². The van der Waals surface area contributed by atoms with E-state index < -0.39 is 15.3 Å². The summed E-state index contributed by atoms with van der Waals surface area (Å²) in [4.78, 5) is 0. The van der Waals surface area contributed by atoms with Crippen LogP contribution < -0.4 is 5.73 Å². The number of nitrogens with zero attached hydrogens (tertiary/aromatic N) is 2. The van der Waals surface area contributed by atoms with E-state index >= 15 is 0 Å². The SMILES string of the molecule is CCC(C#N)S(=O)(=O)N1CCC(N)CC1C. The van der Waals surface area contributed by atoms with Gasteiger partial charge in [0.15, 0.2) is 5.25 Å². The van der Waals surface area contributed by atoms with E-state index in [4.69, 9.17) is 11.0 Å². The summed E-state index contributed by atoms with van der Waals surface area (Å²) in [5.74, 6) is 0. The van der Waals surface area contributed by atoms with Crippen molar-refractivity contribution in [1.29, 1.82) is 5.26 Å². The van der Waals surface area contributed by atoms with Crippen LogP contribution in [-0.4, -0.2) is 36.6 Å². The summed E-state index contributed by atoms with van der Waals surface area (Å²) in [6, 6.07) is 1.83. The highest BCUT2D eigenvalue weighted by atomic mass is 32.2. The molecule has 6 heteroatoms. The minimum atomic E-state index is -3.48. The van der Waals surface area contributed by atoms with Crippen molar-refractivity contribution >= 4 is 10.0 Å². The van der Waals surface area contributed by atoms with Crippen LogP contribution in [0.5, 0.6) is 0 Å². The van der Waals surface area contributed by atoms with E-state index in [0.29, 0.717) is 25.8 Å². The van der Waals surface area contributed by atoms with Crippen molar-refractivity contribution in [2.24, 2.45) is 5.73 Å². The summed E-state index contributed by atoms with van der Waals surface area (Å²) in [5, 5.41) is 7.92. The Kier molecular flexibility index (Phi) is 4.30. The Bertz CT molecular complexity index is 374. The number of hydrogen-bond acceptors (Lipinski definition) is 4. The zero-order valence-corrected chi connectivity index (χ0v) is 10.6. The van der Waals surface area contributed by atoms with E-state index in [1.54, 1.807) is 6.92 Å². The van der Waals surface area contributed by atoms with Gasteiger partial charge in [-0.3, -0.25) is 0 Å². The second kappa shape index (κ2) is 5.13. The lowest BCUT2D eigenvalue weighted by atomic mass is 10.0. The van der Waals surface area contributed by atoms with Gasteiger partial charge in [-0.15, -0.1) is 0 Å². The Balaban J connectivity index is 2.88. The number of hydrogen-bond donors (Lipinski definition) is 1. The van der Waals surface area contributed by atoms with Crippen molar-refractivity contribution < 1.29 is 8.42 Å². The maximum absolute atomic E-state index is 12.1. The highest BCUT2D eigenvalue weighted by molar-refractivity contribution is 7.90. The molecule has 0 spiro atoms. The average Bonchev–Trinajstić information content (AvgIpc) is 2.18. The minimum Gasteiger partial charge on any atom is -0.328 e. The normalized spacial score (nSPS) is 29.6. The quantitative estimate of drug-likeness (QED) is 0.781. The molecular weight excluding hydrogens is 226 g/mol. The Labute approximate surface area is 97.3 Å². The molecule has 0 saturated carbocycles. The van der Waals surface area contributed by atoms with Gasteiger partial charge in [-0.2, -0.15) is 9.57 Å². The number of nitrogens with two attached hydrogens (primary N) is 1. The predicted molar refractivity (Wildman–Crippen MR) is 62.0 cm³/mol. The van der Waals surface area contributed by atoms with E-state index in [2.05, 4.69) is 0 Å². The van der Waals surface area contributed by atoms with Gasteiger partial charge in [0.25, 0.3) is 0 Å². The fourth-order valence-electron chi connectivity index (χ4n) is 2.10. The lowest BCUT2D eigenvalue weighted by Gasteiger charge is -2.36. The van der Waals surface area contributed by atoms with Crippen LogP contribution in [0.4, 0.5) is 0 Å². The minimum absolute atomic E-state index is 0.0728. The van der Waals surface area contributed by atoms with Crippen molar-refractivity contribution in [3.63, 3.8) is 0 Å². The van der Waals surface area contributed by atoms with Gasteiger partial charge in [-0.1, -0.05) is 6.92 Å². The Morgan fingerprint density at radius 3 is 2.69 bits per heavy atom. The van der Waals surface area contributed by atoms with Crippen molar-refractivity contribution in [3.05, 3.63) is 0 Å². The maximum atomic E-state index is 12.1. The molecule has 0 amide bonds. The first kappa shape index (κ1) is 13.4. The molecule has 2 N–H and O–H groups in total. The number of sulfonamides is 1. The average molecular weight is 245 g/mol. The first-order valence-electron chi connectivity index (χ1n) is 5.59. The van der Waals surface area contributed by atoms with Crippen molar-refractivity contribution in [3.8, 4) is 6.07 Å². The summed E-state index contributed by atoms with van der Waals surface area (Å²) in [5.41, 5.74) is 5.79. The van der Waals surface area contributed by atoms with Gasteiger partial charge in [0, 0.05) is 18.6 Å². The molecule has 1 aliphatic heterocycles. The zero-order chi connectivity index (χ0) is 12.3. The standard InChI is InChI=1S/C10H19N3O2S/c1-3-10(7-11)16(14,15)13-5-4-9(12)6-8(13)2/h8-10H,3-6,12H2,1-2H3. The Morgan fingerprint density at radius 1 is 1.62 bits per heavy atom. The van der Waals surface area contributed by atoms with Gasteiger partial charge in [0.05, 0.1) is 6.07 Å². The van der Waals surface area contributed by atoms with Crippen LogP contribution in [0, 0.1) is 11.3 Å². The molecule has 3 atom stereocenters. The third kappa shape index (κ3) is 2.54. The first-order valence-corrected chi connectivity index (χ1v) is 7.09. The van der Waals surface area contributed by atoms with E-state index in [1.807, 2.05) is 13.0 Å². The monoisotopic (exact) mass is 245 g/mol. The van der Waals surface area contributed by atoms with Crippen LogP contribution >= 0.6 is 0 Å². The molecule has 5 nitrogen and oxygen atoms in total. The van der Waals surface area contributed by atoms with Crippen molar-refractivity contribution in [2.45, 2.75) is 50.4 Å². The van der Waals surface area contributed by atoms with Crippen LogP contribution in [-0.2, 0) is 10.0 Å². The second-order valence-electron chi connectivity index (χ2n) is 4.32. The molecule has 1 rings (SSSR count). The molecule has 1 saturated heterocycles. The van der Waals surface area contributed by atoms with E-state index in [9.17, 15) is 8.42 Å². The van der Waals surface area contributed by atoms with Gasteiger partial charge in [-0.05, 0) is 26.2 Å². The number of piperidine rings is 1. The molecule has 1 heterocycles. The zero-order valence-electron chi connectivity index (χ0n) is 9.76. The summed E-state index contributed by atoms with van der Waals surface area (Å²) in [7, 11) is -3.48. The molecular formula is C10H19N3O2S. The van der Waals surface area contributed by atoms with E-state index in [-0.39, 0.29) is 12.1 Å².